The summed E-state index contributed by atoms with van der Waals surface area (Å²) in [5.41, 5.74) is 3.23. The molecule has 3 rings (SSSR count). The number of benzene rings is 2. The minimum absolute atomic E-state index is 0.0351. The second-order valence-electron chi connectivity index (χ2n) is 8.96. The van der Waals surface area contributed by atoms with Crippen LogP contribution >= 0.6 is 0 Å². The number of hydrogen-bond acceptors (Lipinski definition) is 2. The lowest BCUT2D eigenvalue weighted by Crippen LogP contribution is -2.19. The Hall–Kier alpha value is -3.21. The molecule has 32 heavy (non-hydrogen) atoms. The second kappa shape index (κ2) is 9.51. The molecule has 0 spiro atoms. The minimum Gasteiger partial charge on any atom is -0.508 e. The Morgan fingerprint density at radius 2 is 1.84 bits per heavy atom. The Bertz CT molecular complexity index is 1110. The summed E-state index contributed by atoms with van der Waals surface area (Å²) in [5.74, 6) is -1.91. The minimum atomic E-state index is -0.804. The zero-order chi connectivity index (χ0) is 23.5. The van der Waals surface area contributed by atoms with Crippen molar-refractivity contribution in [1.29, 1.82) is 0 Å². The molecule has 0 saturated heterocycles. The number of anilines is 1. The number of phenols is 1. The SMILES string of the molecule is CC1=C(/C=C/C(C)=C(\F)c2ccc(C(=O)Nc3ccc(O)cc3)cc2F)C(C)(C)CCC1. The van der Waals surface area contributed by atoms with Gasteiger partial charge in [0, 0.05) is 16.8 Å². The van der Waals surface area contributed by atoms with Gasteiger partial charge in [-0.2, -0.15) is 0 Å². The van der Waals surface area contributed by atoms with Crippen LogP contribution in [0.25, 0.3) is 5.83 Å². The van der Waals surface area contributed by atoms with Gasteiger partial charge < -0.3 is 10.4 Å². The molecule has 1 amide bonds. The second-order valence-corrected chi connectivity index (χ2v) is 8.96. The summed E-state index contributed by atoms with van der Waals surface area (Å²) >= 11 is 0. The maximum atomic E-state index is 15.0. The molecule has 0 saturated carbocycles. The summed E-state index contributed by atoms with van der Waals surface area (Å²) in [4.78, 5) is 12.4. The molecule has 2 aromatic carbocycles. The highest BCUT2D eigenvalue weighted by molar-refractivity contribution is 6.04. The Morgan fingerprint density at radius 3 is 2.47 bits per heavy atom. The monoisotopic (exact) mass is 437 g/mol. The molecule has 0 atom stereocenters. The van der Waals surface area contributed by atoms with E-state index >= 15 is 0 Å². The first-order chi connectivity index (χ1) is 15.1. The van der Waals surface area contributed by atoms with Gasteiger partial charge in [0.25, 0.3) is 5.91 Å². The van der Waals surface area contributed by atoms with Gasteiger partial charge in [-0.05, 0) is 92.1 Å². The van der Waals surface area contributed by atoms with E-state index in [1.165, 1.54) is 47.5 Å². The van der Waals surface area contributed by atoms with Crippen LogP contribution in [0.4, 0.5) is 14.5 Å². The Morgan fingerprint density at radius 1 is 1.16 bits per heavy atom. The predicted molar refractivity (Wildman–Crippen MR) is 126 cm³/mol. The number of halogens is 2. The van der Waals surface area contributed by atoms with Gasteiger partial charge >= 0.3 is 0 Å². The van der Waals surface area contributed by atoms with E-state index in [1.807, 2.05) is 6.08 Å². The fourth-order valence-corrected chi connectivity index (χ4v) is 4.09. The molecule has 2 N–H and O–H groups in total. The third kappa shape index (κ3) is 5.34. The highest BCUT2D eigenvalue weighted by atomic mass is 19.1. The summed E-state index contributed by atoms with van der Waals surface area (Å²) in [7, 11) is 0. The summed E-state index contributed by atoms with van der Waals surface area (Å²) < 4.78 is 29.7. The van der Waals surface area contributed by atoms with E-state index < -0.39 is 17.6 Å². The van der Waals surface area contributed by atoms with E-state index in [1.54, 1.807) is 13.0 Å². The number of carbonyl (C=O) groups is 1. The Labute approximate surface area is 188 Å². The van der Waals surface area contributed by atoms with Gasteiger partial charge in [0.1, 0.15) is 17.4 Å². The van der Waals surface area contributed by atoms with E-state index in [0.717, 1.165) is 25.3 Å². The van der Waals surface area contributed by atoms with Crippen LogP contribution in [0.15, 0.2) is 71.3 Å². The van der Waals surface area contributed by atoms with Crippen LogP contribution in [0.5, 0.6) is 5.75 Å². The molecule has 168 valence electrons. The average molecular weight is 438 g/mol. The number of rotatable bonds is 5. The van der Waals surface area contributed by atoms with Crippen molar-refractivity contribution in [2.75, 3.05) is 5.32 Å². The number of aromatic hydroxyl groups is 1. The van der Waals surface area contributed by atoms with Crippen molar-refractivity contribution in [3.05, 3.63) is 88.3 Å². The van der Waals surface area contributed by atoms with Gasteiger partial charge in [-0.3, -0.25) is 4.79 Å². The first-order valence-corrected chi connectivity index (χ1v) is 10.7. The molecular formula is C27H29F2NO2. The topological polar surface area (TPSA) is 49.3 Å². The maximum absolute atomic E-state index is 15.0. The molecule has 1 aliphatic carbocycles. The van der Waals surface area contributed by atoms with Crippen LogP contribution < -0.4 is 5.32 Å². The number of nitrogens with one attached hydrogen (secondary N) is 1. The number of allylic oxidation sites excluding steroid dienone is 5. The van der Waals surface area contributed by atoms with Crippen LogP contribution in [0, 0.1) is 11.2 Å². The van der Waals surface area contributed by atoms with Gasteiger partial charge in [-0.1, -0.05) is 31.6 Å². The van der Waals surface area contributed by atoms with Gasteiger partial charge in [0.2, 0.25) is 0 Å². The van der Waals surface area contributed by atoms with E-state index in [4.69, 9.17) is 0 Å². The molecule has 0 radical (unpaired) electrons. The summed E-state index contributed by atoms with van der Waals surface area (Å²) in [6.07, 6.45) is 6.92. The van der Waals surface area contributed by atoms with Crippen LogP contribution in [-0.2, 0) is 0 Å². The maximum Gasteiger partial charge on any atom is 0.255 e. The smallest absolute Gasteiger partial charge is 0.255 e. The molecule has 0 aromatic heterocycles. The molecule has 2 aromatic rings. The van der Waals surface area contributed by atoms with E-state index in [0.29, 0.717) is 11.3 Å². The number of phenolic OH excluding ortho intramolecular Hbond substituents is 1. The average Bonchev–Trinajstić information content (AvgIpc) is 2.73. The number of amides is 1. The third-order valence-electron chi connectivity index (χ3n) is 5.98. The lowest BCUT2D eigenvalue weighted by molar-refractivity contribution is 0.102. The standard InChI is InChI=1S/C27H29F2NO2/c1-17-6-5-15-27(3,4)23(17)14-7-18(2)25(29)22-13-8-19(16-24(22)28)26(32)30-20-9-11-21(31)12-10-20/h7-14,16,31H,5-6,15H2,1-4H3,(H,30,32)/b14-7+,25-18-. The number of carbonyl (C=O) groups excluding carboxylic acids is 1. The molecule has 0 bridgehead atoms. The van der Waals surface area contributed by atoms with Crippen molar-refractivity contribution in [1.82, 2.24) is 0 Å². The lowest BCUT2D eigenvalue weighted by atomic mass is 9.72. The normalized spacial score (nSPS) is 16.8. The van der Waals surface area contributed by atoms with Crippen LogP contribution in [0.1, 0.15) is 62.9 Å². The Balaban J connectivity index is 1.80. The van der Waals surface area contributed by atoms with Crippen molar-refractivity contribution in [3.8, 4) is 5.75 Å². The van der Waals surface area contributed by atoms with E-state index in [-0.39, 0.29) is 22.3 Å². The fourth-order valence-electron chi connectivity index (χ4n) is 4.09. The fraction of sp³-hybridized carbons (Fsp3) is 0.296. The molecular weight excluding hydrogens is 408 g/mol. The zero-order valence-electron chi connectivity index (χ0n) is 18.9. The molecule has 5 heteroatoms. The molecule has 0 aliphatic heterocycles. The van der Waals surface area contributed by atoms with E-state index in [9.17, 15) is 18.7 Å². The summed E-state index contributed by atoms with van der Waals surface area (Å²) in [6, 6.07) is 9.62. The molecule has 0 fully saturated rings. The quantitative estimate of drug-likeness (QED) is 0.374. The van der Waals surface area contributed by atoms with Crippen molar-refractivity contribution in [2.45, 2.75) is 47.0 Å². The molecule has 0 heterocycles. The first kappa shape index (κ1) is 23.5. The zero-order valence-corrected chi connectivity index (χ0v) is 18.9. The van der Waals surface area contributed by atoms with Crippen molar-refractivity contribution in [2.24, 2.45) is 5.41 Å². The van der Waals surface area contributed by atoms with Crippen molar-refractivity contribution >= 4 is 17.4 Å². The van der Waals surface area contributed by atoms with Gasteiger partial charge in [-0.15, -0.1) is 0 Å². The van der Waals surface area contributed by atoms with Crippen LogP contribution in [0.2, 0.25) is 0 Å². The summed E-state index contributed by atoms with van der Waals surface area (Å²) in [6.45, 7) is 8.10. The van der Waals surface area contributed by atoms with E-state index in [2.05, 4.69) is 26.1 Å². The van der Waals surface area contributed by atoms with Gasteiger partial charge in [0.05, 0.1) is 0 Å². The predicted octanol–water partition coefficient (Wildman–Crippen LogP) is 7.57. The third-order valence-corrected chi connectivity index (χ3v) is 5.98. The molecule has 1 aliphatic rings. The van der Waals surface area contributed by atoms with Crippen molar-refractivity contribution < 1.29 is 18.7 Å². The Kier molecular flexibility index (Phi) is 6.97. The molecule has 3 nitrogen and oxygen atoms in total. The molecule has 0 unspecified atom stereocenters. The van der Waals surface area contributed by atoms with Crippen LogP contribution in [-0.4, -0.2) is 11.0 Å². The lowest BCUT2D eigenvalue weighted by Gasteiger charge is -2.33. The highest BCUT2D eigenvalue weighted by Gasteiger charge is 2.26. The largest absolute Gasteiger partial charge is 0.508 e. The van der Waals surface area contributed by atoms with Gasteiger partial charge in [0.15, 0.2) is 0 Å². The van der Waals surface area contributed by atoms with Crippen molar-refractivity contribution in [3.63, 3.8) is 0 Å². The number of hydrogen-bond donors (Lipinski definition) is 2. The summed E-state index contributed by atoms with van der Waals surface area (Å²) in [5, 5.41) is 11.9. The highest BCUT2D eigenvalue weighted by Crippen LogP contribution is 2.41. The first-order valence-electron chi connectivity index (χ1n) is 10.7. The van der Waals surface area contributed by atoms with Crippen LogP contribution in [0.3, 0.4) is 0 Å². The van der Waals surface area contributed by atoms with Gasteiger partial charge in [-0.25, -0.2) is 8.78 Å².